The van der Waals surface area contributed by atoms with E-state index in [2.05, 4.69) is 31.3 Å². The zero-order valence-electron chi connectivity index (χ0n) is 15.1. The zero-order chi connectivity index (χ0) is 18.4. The quantitative estimate of drug-likeness (QED) is 0.628. The number of ether oxygens (including phenoxy) is 1. The highest BCUT2D eigenvalue weighted by Gasteiger charge is 2.07. The minimum absolute atomic E-state index is 0.125. The summed E-state index contributed by atoms with van der Waals surface area (Å²) in [6, 6.07) is 25.2. The summed E-state index contributed by atoms with van der Waals surface area (Å²) in [5, 5.41) is 2.92. The molecule has 3 nitrogen and oxygen atoms in total. The number of rotatable bonds is 6. The SMILES string of the molecule is CC(C)COc1ccc(NC(=O)c2ccc(-c3ccccc3)cc2)cc1. The smallest absolute Gasteiger partial charge is 0.255 e. The minimum Gasteiger partial charge on any atom is -0.493 e. The molecule has 0 radical (unpaired) electrons. The summed E-state index contributed by atoms with van der Waals surface area (Å²) in [4.78, 5) is 12.4. The molecular weight excluding hydrogens is 322 g/mol. The van der Waals surface area contributed by atoms with Gasteiger partial charge in [0.05, 0.1) is 6.61 Å². The lowest BCUT2D eigenvalue weighted by Crippen LogP contribution is -2.11. The van der Waals surface area contributed by atoms with Crippen molar-refractivity contribution in [2.24, 2.45) is 5.92 Å². The molecule has 3 aromatic rings. The monoisotopic (exact) mass is 345 g/mol. The molecule has 0 saturated heterocycles. The van der Waals surface area contributed by atoms with Crippen molar-refractivity contribution in [2.45, 2.75) is 13.8 Å². The van der Waals surface area contributed by atoms with Crippen molar-refractivity contribution in [1.29, 1.82) is 0 Å². The van der Waals surface area contributed by atoms with Gasteiger partial charge in [-0.05, 0) is 53.4 Å². The molecular formula is C23H23NO2. The largest absolute Gasteiger partial charge is 0.493 e. The van der Waals surface area contributed by atoms with Crippen LogP contribution in [0.1, 0.15) is 24.2 Å². The fourth-order valence-corrected chi connectivity index (χ4v) is 2.55. The van der Waals surface area contributed by atoms with Crippen LogP contribution in [0.5, 0.6) is 5.75 Å². The summed E-state index contributed by atoms with van der Waals surface area (Å²) in [6.07, 6.45) is 0. The molecule has 0 aliphatic heterocycles. The molecule has 0 fully saturated rings. The molecule has 3 heteroatoms. The van der Waals surface area contributed by atoms with E-state index in [1.54, 1.807) is 0 Å². The summed E-state index contributed by atoms with van der Waals surface area (Å²) < 4.78 is 5.65. The molecule has 1 N–H and O–H groups in total. The third-order valence-electron chi connectivity index (χ3n) is 3.95. The fraction of sp³-hybridized carbons (Fsp3) is 0.174. The molecule has 0 atom stereocenters. The van der Waals surface area contributed by atoms with Gasteiger partial charge in [0.1, 0.15) is 5.75 Å². The molecule has 0 aliphatic rings. The Morgan fingerprint density at radius 2 is 1.46 bits per heavy atom. The van der Waals surface area contributed by atoms with E-state index in [1.807, 2.05) is 66.7 Å². The first-order valence-electron chi connectivity index (χ1n) is 8.81. The Hall–Kier alpha value is -3.07. The first-order valence-corrected chi connectivity index (χ1v) is 8.81. The van der Waals surface area contributed by atoms with E-state index in [9.17, 15) is 4.79 Å². The lowest BCUT2D eigenvalue weighted by molar-refractivity contribution is 0.102. The summed E-state index contributed by atoms with van der Waals surface area (Å²) in [6.45, 7) is 4.90. The van der Waals surface area contributed by atoms with E-state index >= 15 is 0 Å². The number of anilines is 1. The van der Waals surface area contributed by atoms with Gasteiger partial charge in [0.15, 0.2) is 0 Å². The van der Waals surface area contributed by atoms with Gasteiger partial charge in [0.25, 0.3) is 5.91 Å². The number of benzene rings is 3. The third kappa shape index (κ3) is 4.73. The van der Waals surface area contributed by atoms with Crippen molar-refractivity contribution in [3.05, 3.63) is 84.4 Å². The highest BCUT2D eigenvalue weighted by atomic mass is 16.5. The summed E-state index contributed by atoms with van der Waals surface area (Å²) in [5.74, 6) is 1.16. The van der Waals surface area contributed by atoms with Gasteiger partial charge in [-0.1, -0.05) is 56.3 Å². The molecule has 0 aliphatic carbocycles. The van der Waals surface area contributed by atoms with Crippen LogP contribution in [0.15, 0.2) is 78.9 Å². The van der Waals surface area contributed by atoms with Crippen molar-refractivity contribution in [3.8, 4) is 16.9 Å². The van der Waals surface area contributed by atoms with Gasteiger partial charge in [-0.2, -0.15) is 0 Å². The van der Waals surface area contributed by atoms with Crippen LogP contribution in [0.4, 0.5) is 5.69 Å². The first kappa shape index (κ1) is 17.7. The Balaban J connectivity index is 1.63. The van der Waals surface area contributed by atoms with E-state index in [0.29, 0.717) is 18.1 Å². The molecule has 1 amide bonds. The summed E-state index contributed by atoms with van der Waals surface area (Å²) in [5.41, 5.74) is 3.61. The zero-order valence-corrected chi connectivity index (χ0v) is 15.1. The lowest BCUT2D eigenvalue weighted by atomic mass is 10.0. The van der Waals surface area contributed by atoms with E-state index in [-0.39, 0.29) is 5.91 Å². The van der Waals surface area contributed by atoms with Crippen LogP contribution in [0.3, 0.4) is 0 Å². The fourth-order valence-electron chi connectivity index (χ4n) is 2.55. The Morgan fingerprint density at radius 3 is 2.08 bits per heavy atom. The second kappa shape index (κ2) is 8.34. The van der Waals surface area contributed by atoms with Crippen molar-refractivity contribution < 1.29 is 9.53 Å². The van der Waals surface area contributed by atoms with Crippen LogP contribution in [0, 0.1) is 5.92 Å². The second-order valence-electron chi connectivity index (χ2n) is 6.63. The second-order valence-corrected chi connectivity index (χ2v) is 6.63. The average Bonchev–Trinajstić information content (AvgIpc) is 2.68. The Kier molecular flexibility index (Phi) is 5.69. The van der Waals surface area contributed by atoms with E-state index in [0.717, 1.165) is 22.6 Å². The van der Waals surface area contributed by atoms with Crippen LogP contribution < -0.4 is 10.1 Å². The average molecular weight is 345 g/mol. The van der Waals surface area contributed by atoms with Crippen molar-refractivity contribution in [3.63, 3.8) is 0 Å². The van der Waals surface area contributed by atoms with Crippen LogP contribution >= 0.6 is 0 Å². The lowest BCUT2D eigenvalue weighted by Gasteiger charge is -2.10. The van der Waals surface area contributed by atoms with Crippen molar-refractivity contribution in [1.82, 2.24) is 0 Å². The van der Waals surface area contributed by atoms with Gasteiger partial charge in [0, 0.05) is 11.3 Å². The van der Waals surface area contributed by atoms with Crippen molar-refractivity contribution in [2.75, 3.05) is 11.9 Å². The number of hydrogen-bond acceptors (Lipinski definition) is 2. The Labute approximate surface area is 154 Å². The normalized spacial score (nSPS) is 10.6. The van der Waals surface area contributed by atoms with E-state index in [1.165, 1.54) is 0 Å². The number of carbonyl (C=O) groups excluding carboxylic acids is 1. The van der Waals surface area contributed by atoms with Crippen molar-refractivity contribution >= 4 is 11.6 Å². The topological polar surface area (TPSA) is 38.3 Å². The predicted molar refractivity (Wildman–Crippen MR) is 107 cm³/mol. The molecule has 0 saturated carbocycles. The van der Waals surface area contributed by atoms with Gasteiger partial charge in [-0.3, -0.25) is 4.79 Å². The third-order valence-corrected chi connectivity index (χ3v) is 3.95. The van der Waals surface area contributed by atoms with Gasteiger partial charge < -0.3 is 10.1 Å². The molecule has 0 bridgehead atoms. The summed E-state index contributed by atoms with van der Waals surface area (Å²) >= 11 is 0. The van der Waals surface area contributed by atoms with Crippen LogP contribution in [0.2, 0.25) is 0 Å². The standard InChI is InChI=1S/C23H23NO2/c1-17(2)16-26-22-14-12-21(13-15-22)24-23(25)20-10-8-19(9-11-20)18-6-4-3-5-7-18/h3-15,17H,16H2,1-2H3,(H,24,25). The maximum Gasteiger partial charge on any atom is 0.255 e. The Morgan fingerprint density at radius 1 is 0.846 bits per heavy atom. The first-order chi connectivity index (χ1) is 12.6. The molecule has 3 aromatic carbocycles. The number of carbonyl (C=O) groups is 1. The van der Waals surface area contributed by atoms with Gasteiger partial charge >= 0.3 is 0 Å². The maximum atomic E-state index is 12.4. The minimum atomic E-state index is -0.125. The van der Waals surface area contributed by atoms with E-state index < -0.39 is 0 Å². The predicted octanol–water partition coefficient (Wildman–Crippen LogP) is 5.64. The molecule has 132 valence electrons. The highest BCUT2D eigenvalue weighted by Crippen LogP contribution is 2.20. The Bertz CT molecular complexity index is 838. The van der Waals surface area contributed by atoms with Gasteiger partial charge in [-0.25, -0.2) is 0 Å². The molecule has 26 heavy (non-hydrogen) atoms. The summed E-state index contributed by atoms with van der Waals surface area (Å²) in [7, 11) is 0. The van der Waals surface area contributed by atoms with Crippen LogP contribution in [-0.2, 0) is 0 Å². The molecule has 0 unspecified atom stereocenters. The molecule has 0 spiro atoms. The number of nitrogens with one attached hydrogen (secondary N) is 1. The highest BCUT2D eigenvalue weighted by molar-refractivity contribution is 6.04. The van der Waals surface area contributed by atoms with Gasteiger partial charge in [-0.15, -0.1) is 0 Å². The number of amides is 1. The van der Waals surface area contributed by atoms with E-state index in [4.69, 9.17) is 4.74 Å². The molecule has 0 heterocycles. The molecule has 0 aromatic heterocycles. The van der Waals surface area contributed by atoms with Crippen LogP contribution in [-0.4, -0.2) is 12.5 Å². The molecule has 3 rings (SSSR count). The van der Waals surface area contributed by atoms with Crippen LogP contribution in [0.25, 0.3) is 11.1 Å². The number of hydrogen-bond donors (Lipinski definition) is 1. The maximum absolute atomic E-state index is 12.4. The van der Waals surface area contributed by atoms with Gasteiger partial charge in [0.2, 0.25) is 0 Å².